The maximum Gasteiger partial charge on any atom is 0.0781 e. The summed E-state index contributed by atoms with van der Waals surface area (Å²) in [6.07, 6.45) is 0. The Morgan fingerprint density at radius 2 is 0.967 bits per heavy atom. The van der Waals surface area contributed by atoms with E-state index in [1.54, 1.807) is 0 Å². The standard InChI is InChI=1S/C58H46N2/c1-57(2)49-26-14-13-24-47(49)48-36-32-42(38-51(48)57)45-25-17-29-53-55(45)58(3,4)50-27-15-16-28-52(50)60(53)56-46-23-12-11-20-41(46)33-37-54(56)59(43-21-9-6-10-22-43)44-34-30-40(31-35-44)39-18-7-5-8-19-39/h5-38H,1-4H3. The highest BCUT2D eigenvalue weighted by molar-refractivity contribution is 6.09. The predicted molar refractivity (Wildman–Crippen MR) is 254 cm³/mol. The average Bonchev–Trinajstić information content (AvgIpc) is 3.53. The molecule has 0 amide bonds. The smallest absolute Gasteiger partial charge is 0.0781 e. The number of para-hydroxylation sites is 2. The van der Waals surface area contributed by atoms with Crippen LogP contribution in [0.3, 0.4) is 0 Å². The van der Waals surface area contributed by atoms with Crippen molar-refractivity contribution in [2.75, 3.05) is 9.80 Å². The van der Waals surface area contributed by atoms with E-state index in [0.29, 0.717) is 0 Å². The van der Waals surface area contributed by atoms with Crippen molar-refractivity contribution in [2.45, 2.75) is 38.5 Å². The highest BCUT2D eigenvalue weighted by Crippen LogP contribution is 2.59. The van der Waals surface area contributed by atoms with E-state index in [0.717, 1.165) is 22.7 Å². The Labute approximate surface area is 353 Å². The molecule has 0 saturated heterocycles. The third-order valence-corrected chi connectivity index (χ3v) is 13.2. The fraction of sp³-hybridized carbons (Fsp3) is 0.103. The normalized spacial score (nSPS) is 14.2. The lowest BCUT2D eigenvalue weighted by molar-refractivity contribution is 0.633. The number of hydrogen-bond donors (Lipinski definition) is 0. The first-order valence-electron chi connectivity index (χ1n) is 21.1. The summed E-state index contributed by atoms with van der Waals surface area (Å²) in [6, 6.07) is 76.1. The molecule has 0 radical (unpaired) electrons. The van der Waals surface area contributed by atoms with Crippen LogP contribution in [-0.4, -0.2) is 0 Å². The summed E-state index contributed by atoms with van der Waals surface area (Å²) in [7, 11) is 0. The Morgan fingerprint density at radius 3 is 1.77 bits per heavy atom. The molecule has 0 atom stereocenters. The van der Waals surface area contributed by atoms with Crippen molar-refractivity contribution < 1.29 is 0 Å². The molecule has 2 aliphatic rings. The Hall–Kier alpha value is -7.16. The van der Waals surface area contributed by atoms with Crippen molar-refractivity contribution in [1.29, 1.82) is 0 Å². The number of rotatable bonds is 6. The SMILES string of the molecule is CC1(C)c2ccccc2-c2ccc(-c3cccc4c3C(C)(C)c3ccccc3N4c3c(N(c4ccccc4)c4ccc(-c5ccccc5)cc4)ccc4ccccc34)cc21. The van der Waals surface area contributed by atoms with Crippen LogP contribution in [0.2, 0.25) is 0 Å². The summed E-state index contributed by atoms with van der Waals surface area (Å²) < 4.78 is 0. The molecular formula is C58H46N2. The Bertz CT molecular complexity index is 3090. The topological polar surface area (TPSA) is 6.48 Å². The lowest BCUT2D eigenvalue weighted by Gasteiger charge is -2.44. The van der Waals surface area contributed by atoms with Gasteiger partial charge in [-0.25, -0.2) is 0 Å². The van der Waals surface area contributed by atoms with Gasteiger partial charge in [0.1, 0.15) is 0 Å². The number of nitrogens with zero attached hydrogens (tertiary/aromatic N) is 2. The molecule has 2 heteroatoms. The molecule has 1 heterocycles. The van der Waals surface area contributed by atoms with Gasteiger partial charge < -0.3 is 9.80 Å². The van der Waals surface area contributed by atoms with Gasteiger partial charge in [-0.2, -0.15) is 0 Å². The Balaban J connectivity index is 1.16. The Morgan fingerprint density at radius 1 is 0.383 bits per heavy atom. The summed E-state index contributed by atoms with van der Waals surface area (Å²) >= 11 is 0. The minimum absolute atomic E-state index is 0.0943. The minimum atomic E-state index is -0.298. The van der Waals surface area contributed by atoms with Crippen LogP contribution in [0.1, 0.15) is 49.9 Å². The molecule has 60 heavy (non-hydrogen) atoms. The molecule has 288 valence electrons. The molecule has 1 aliphatic carbocycles. The van der Waals surface area contributed by atoms with Gasteiger partial charge in [-0.05, 0) is 110 Å². The van der Waals surface area contributed by atoms with Crippen LogP contribution in [-0.2, 0) is 10.8 Å². The summed E-state index contributed by atoms with van der Waals surface area (Å²) in [5.74, 6) is 0. The quantitative estimate of drug-likeness (QED) is 0.166. The van der Waals surface area contributed by atoms with E-state index >= 15 is 0 Å². The molecule has 0 aromatic heterocycles. The molecular weight excluding hydrogens is 725 g/mol. The second-order valence-electron chi connectivity index (χ2n) is 17.3. The van der Waals surface area contributed by atoms with Crippen molar-refractivity contribution in [3.63, 3.8) is 0 Å². The molecule has 9 aromatic rings. The first-order chi connectivity index (χ1) is 29.3. The first kappa shape index (κ1) is 36.0. The lowest BCUT2D eigenvalue weighted by atomic mass is 9.70. The second kappa shape index (κ2) is 13.7. The summed E-state index contributed by atoms with van der Waals surface area (Å²) in [6.45, 7) is 9.57. The van der Waals surface area contributed by atoms with Crippen LogP contribution in [0.4, 0.5) is 34.1 Å². The van der Waals surface area contributed by atoms with Crippen LogP contribution < -0.4 is 9.80 Å². The average molecular weight is 771 g/mol. The fourth-order valence-corrected chi connectivity index (χ4v) is 10.3. The van der Waals surface area contributed by atoms with Gasteiger partial charge in [-0.3, -0.25) is 0 Å². The molecule has 0 fully saturated rings. The Kier molecular flexibility index (Phi) is 8.22. The van der Waals surface area contributed by atoms with Gasteiger partial charge in [0.05, 0.1) is 22.7 Å². The van der Waals surface area contributed by atoms with Crippen molar-refractivity contribution in [2.24, 2.45) is 0 Å². The van der Waals surface area contributed by atoms with E-state index in [4.69, 9.17) is 0 Å². The third kappa shape index (κ3) is 5.48. The van der Waals surface area contributed by atoms with Gasteiger partial charge in [0.25, 0.3) is 0 Å². The fourth-order valence-electron chi connectivity index (χ4n) is 10.3. The predicted octanol–water partition coefficient (Wildman–Crippen LogP) is 16.1. The summed E-state index contributed by atoms with van der Waals surface area (Å²) in [4.78, 5) is 5.00. The highest BCUT2D eigenvalue weighted by atomic mass is 15.2. The number of hydrogen-bond acceptors (Lipinski definition) is 2. The van der Waals surface area contributed by atoms with E-state index in [1.807, 2.05) is 0 Å². The maximum absolute atomic E-state index is 2.57. The van der Waals surface area contributed by atoms with Crippen molar-refractivity contribution in [1.82, 2.24) is 0 Å². The molecule has 11 rings (SSSR count). The number of fused-ring (bicyclic) bond motifs is 6. The number of benzene rings is 9. The molecule has 1 aliphatic heterocycles. The molecule has 0 bridgehead atoms. The molecule has 0 N–H and O–H groups in total. The van der Waals surface area contributed by atoms with E-state index in [9.17, 15) is 0 Å². The lowest BCUT2D eigenvalue weighted by Crippen LogP contribution is -2.32. The zero-order chi connectivity index (χ0) is 40.6. The largest absolute Gasteiger partial charge is 0.308 e. The highest BCUT2D eigenvalue weighted by Gasteiger charge is 2.41. The van der Waals surface area contributed by atoms with Crippen LogP contribution in [0.5, 0.6) is 0 Å². The monoisotopic (exact) mass is 770 g/mol. The van der Waals surface area contributed by atoms with Gasteiger partial charge in [0.2, 0.25) is 0 Å². The molecule has 2 nitrogen and oxygen atoms in total. The molecule has 0 unspecified atom stereocenters. The van der Waals surface area contributed by atoms with Crippen LogP contribution in [0.25, 0.3) is 44.2 Å². The van der Waals surface area contributed by atoms with Gasteiger partial charge in [-0.15, -0.1) is 0 Å². The summed E-state index contributed by atoms with van der Waals surface area (Å²) in [5, 5.41) is 2.39. The van der Waals surface area contributed by atoms with Crippen molar-refractivity contribution in [3.8, 4) is 33.4 Å². The zero-order valence-electron chi connectivity index (χ0n) is 34.5. The van der Waals surface area contributed by atoms with Crippen molar-refractivity contribution >= 4 is 44.9 Å². The van der Waals surface area contributed by atoms with Crippen LogP contribution in [0.15, 0.2) is 206 Å². The minimum Gasteiger partial charge on any atom is -0.308 e. The summed E-state index contributed by atoms with van der Waals surface area (Å²) in [5.41, 5.74) is 19.5. The van der Waals surface area contributed by atoms with E-state index in [-0.39, 0.29) is 10.8 Å². The van der Waals surface area contributed by atoms with Gasteiger partial charge in [0, 0.05) is 27.6 Å². The van der Waals surface area contributed by atoms with Crippen LogP contribution in [0, 0.1) is 0 Å². The van der Waals surface area contributed by atoms with Crippen LogP contribution >= 0.6 is 0 Å². The van der Waals surface area contributed by atoms with Gasteiger partial charge >= 0.3 is 0 Å². The first-order valence-corrected chi connectivity index (χ1v) is 21.1. The molecule has 0 spiro atoms. The molecule has 0 saturated carbocycles. The number of anilines is 6. The van der Waals surface area contributed by atoms with Crippen molar-refractivity contribution in [3.05, 3.63) is 229 Å². The zero-order valence-corrected chi connectivity index (χ0v) is 34.5. The van der Waals surface area contributed by atoms with Gasteiger partial charge in [0.15, 0.2) is 0 Å². The molecule has 9 aromatic carbocycles. The van der Waals surface area contributed by atoms with E-state index < -0.39 is 0 Å². The van der Waals surface area contributed by atoms with Gasteiger partial charge in [-0.1, -0.05) is 185 Å². The van der Waals surface area contributed by atoms with E-state index in [2.05, 4.69) is 244 Å². The maximum atomic E-state index is 2.57. The van der Waals surface area contributed by atoms with E-state index in [1.165, 1.54) is 77.8 Å². The second-order valence-corrected chi connectivity index (χ2v) is 17.3. The third-order valence-electron chi connectivity index (χ3n) is 13.2.